The van der Waals surface area contributed by atoms with Gasteiger partial charge in [-0.1, -0.05) is 12.1 Å². The van der Waals surface area contributed by atoms with Gasteiger partial charge in [-0.05, 0) is 62.2 Å². The molecule has 35 heavy (non-hydrogen) atoms. The predicted octanol–water partition coefficient (Wildman–Crippen LogP) is 2.51. The van der Waals surface area contributed by atoms with Crippen LogP contribution in [-0.2, 0) is 25.1 Å². The molecule has 4 aromatic rings. The maximum absolute atomic E-state index is 13.2. The molecule has 5 rings (SSSR count). The Morgan fingerprint density at radius 1 is 1.23 bits per heavy atom. The molecule has 0 atom stereocenters. The molecule has 10 heteroatoms. The first-order valence-electron chi connectivity index (χ1n) is 11.5. The van der Waals surface area contributed by atoms with Crippen LogP contribution >= 0.6 is 0 Å². The minimum atomic E-state index is -1.17. The van der Waals surface area contributed by atoms with Gasteiger partial charge >= 0.3 is 0 Å². The highest BCUT2D eigenvalue weighted by Crippen LogP contribution is 2.23. The quantitative estimate of drug-likeness (QED) is 0.391. The van der Waals surface area contributed by atoms with Crippen molar-refractivity contribution in [2.75, 3.05) is 11.9 Å². The molecule has 0 spiro atoms. The van der Waals surface area contributed by atoms with Crippen LogP contribution in [0.1, 0.15) is 37.1 Å². The van der Waals surface area contributed by atoms with Crippen LogP contribution in [0, 0.1) is 11.3 Å². The van der Waals surface area contributed by atoms with Crippen molar-refractivity contribution in [2.24, 2.45) is 0 Å². The Balaban J connectivity index is 1.62. The van der Waals surface area contributed by atoms with E-state index in [0.29, 0.717) is 28.5 Å². The number of aliphatic hydroxyl groups is 1. The van der Waals surface area contributed by atoms with Crippen LogP contribution in [0.2, 0.25) is 0 Å². The van der Waals surface area contributed by atoms with Gasteiger partial charge in [0.1, 0.15) is 11.0 Å². The van der Waals surface area contributed by atoms with Gasteiger partial charge in [-0.2, -0.15) is 10.2 Å². The van der Waals surface area contributed by atoms with E-state index in [1.54, 1.807) is 36.7 Å². The maximum Gasteiger partial charge on any atom is 0.278 e. The third-order valence-electron chi connectivity index (χ3n) is 6.04. The van der Waals surface area contributed by atoms with E-state index in [1.807, 2.05) is 6.07 Å². The van der Waals surface area contributed by atoms with Crippen molar-refractivity contribution in [3.8, 4) is 11.9 Å². The molecule has 1 aliphatic heterocycles. The Bertz CT molecular complexity index is 1510. The van der Waals surface area contributed by atoms with Crippen molar-refractivity contribution in [3.05, 3.63) is 69.8 Å². The lowest BCUT2D eigenvalue weighted by Gasteiger charge is -2.18. The number of fused-ring (bicyclic) bond motifs is 2. The molecule has 4 heterocycles. The summed E-state index contributed by atoms with van der Waals surface area (Å²) in [5.41, 5.74) is 2.77. The minimum absolute atomic E-state index is 0.143. The Hall–Kier alpha value is -4.07. The fourth-order valence-electron chi connectivity index (χ4n) is 4.25. The standard InChI is InChI=1S/C25H26N8O2/c1-25(2,35)20-5-3-6-21(30-20)33-22-19(23(34)32(33)12-4-10-26)15-28-24(31-22)29-18-8-7-17-14-27-11-9-16(17)13-18/h3,5-8,13,15,27,35H,4,9,11-12,14H2,1-2H3,(H,28,29,31). The number of nitrogens with one attached hydrogen (secondary N) is 2. The highest BCUT2D eigenvalue weighted by Gasteiger charge is 2.22. The number of anilines is 2. The Morgan fingerprint density at radius 2 is 2.09 bits per heavy atom. The van der Waals surface area contributed by atoms with Crippen LogP contribution in [0.5, 0.6) is 0 Å². The van der Waals surface area contributed by atoms with Crippen LogP contribution in [-0.4, -0.2) is 36.0 Å². The molecule has 0 saturated carbocycles. The van der Waals surface area contributed by atoms with Gasteiger partial charge in [-0.15, -0.1) is 0 Å². The first-order chi connectivity index (χ1) is 16.8. The van der Waals surface area contributed by atoms with Crippen LogP contribution in [0.3, 0.4) is 0 Å². The number of hydrogen-bond acceptors (Lipinski definition) is 8. The number of benzene rings is 1. The van der Waals surface area contributed by atoms with E-state index in [2.05, 4.69) is 43.8 Å². The molecule has 0 bridgehead atoms. The van der Waals surface area contributed by atoms with Crippen molar-refractivity contribution < 1.29 is 5.11 Å². The third kappa shape index (κ3) is 4.39. The summed E-state index contributed by atoms with van der Waals surface area (Å²) in [7, 11) is 0. The lowest BCUT2D eigenvalue weighted by atomic mass is 10.0. The molecule has 3 N–H and O–H groups in total. The number of rotatable bonds is 6. The number of aromatic nitrogens is 5. The van der Waals surface area contributed by atoms with Crippen molar-refractivity contribution in [1.29, 1.82) is 5.26 Å². The average molecular weight is 471 g/mol. The molecule has 178 valence electrons. The van der Waals surface area contributed by atoms with Gasteiger partial charge in [0.25, 0.3) is 5.56 Å². The number of hydrogen-bond donors (Lipinski definition) is 3. The first-order valence-corrected chi connectivity index (χ1v) is 11.5. The fraction of sp³-hybridized carbons (Fsp3) is 0.320. The zero-order chi connectivity index (χ0) is 24.6. The van der Waals surface area contributed by atoms with E-state index in [4.69, 9.17) is 5.26 Å². The van der Waals surface area contributed by atoms with Gasteiger partial charge in [-0.25, -0.2) is 19.3 Å². The van der Waals surface area contributed by atoms with E-state index < -0.39 is 5.60 Å². The summed E-state index contributed by atoms with van der Waals surface area (Å²) in [4.78, 5) is 26.8. The predicted molar refractivity (Wildman–Crippen MR) is 132 cm³/mol. The van der Waals surface area contributed by atoms with Crippen molar-refractivity contribution in [1.82, 2.24) is 29.6 Å². The second kappa shape index (κ2) is 8.94. The van der Waals surface area contributed by atoms with Crippen LogP contribution in [0.25, 0.3) is 16.9 Å². The topological polar surface area (TPSA) is 134 Å². The molecule has 0 unspecified atom stereocenters. The summed E-state index contributed by atoms with van der Waals surface area (Å²) in [6, 6.07) is 13.5. The molecular formula is C25H26N8O2. The van der Waals surface area contributed by atoms with Crippen molar-refractivity contribution in [2.45, 2.75) is 45.4 Å². The Kier molecular flexibility index (Phi) is 5.80. The zero-order valence-corrected chi connectivity index (χ0v) is 19.6. The summed E-state index contributed by atoms with van der Waals surface area (Å²) < 4.78 is 3.03. The lowest BCUT2D eigenvalue weighted by molar-refractivity contribution is 0.0738. The zero-order valence-electron chi connectivity index (χ0n) is 19.6. The summed E-state index contributed by atoms with van der Waals surface area (Å²) in [6.07, 6.45) is 2.59. The number of pyridine rings is 1. The third-order valence-corrected chi connectivity index (χ3v) is 6.04. The van der Waals surface area contributed by atoms with Gasteiger partial charge in [0.15, 0.2) is 11.5 Å². The molecule has 3 aromatic heterocycles. The van der Waals surface area contributed by atoms with Gasteiger partial charge in [0.2, 0.25) is 5.95 Å². The first kappa shape index (κ1) is 22.7. The van der Waals surface area contributed by atoms with Gasteiger partial charge < -0.3 is 15.7 Å². The largest absolute Gasteiger partial charge is 0.384 e. The average Bonchev–Trinajstić information content (AvgIpc) is 3.13. The maximum atomic E-state index is 13.2. The Labute approximate surface area is 201 Å². The van der Waals surface area contributed by atoms with E-state index in [1.165, 1.54) is 22.0 Å². The smallest absolute Gasteiger partial charge is 0.278 e. The second-order valence-electron chi connectivity index (χ2n) is 9.05. The van der Waals surface area contributed by atoms with Gasteiger partial charge in [-0.3, -0.25) is 4.79 Å². The van der Waals surface area contributed by atoms with E-state index in [0.717, 1.165) is 25.2 Å². The van der Waals surface area contributed by atoms with Crippen LogP contribution in [0.15, 0.2) is 47.4 Å². The van der Waals surface area contributed by atoms with Crippen molar-refractivity contribution >= 4 is 22.7 Å². The molecule has 0 radical (unpaired) electrons. The molecular weight excluding hydrogens is 444 g/mol. The molecule has 10 nitrogen and oxygen atoms in total. The van der Waals surface area contributed by atoms with Gasteiger partial charge in [0.05, 0.1) is 24.7 Å². The number of nitrogens with zero attached hydrogens (tertiary/aromatic N) is 6. The fourth-order valence-corrected chi connectivity index (χ4v) is 4.25. The molecule has 0 saturated heterocycles. The Morgan fingerprint density at radius 3 is 2.89 bits per heavy atom. The highest BCUT2D eigenvalue weighted by molar-refractivity contribution is 5.77. The lowest BCUT2D eigenvalue weighted by Crippen LogP contribution is -2.24. The molecule has 0 fully saturated rings. The highest BCUT2D eigenvalue weighted by atomic mass is 16.3. The van der Waals surface area contributed by atoms with E-state index in [9.17, 15) is 9.90 Å². The summed E-state index contributed by atoms with van der Waals surface area (Å²) >= 11 is 0. The summed E-state index contributed by atoms with van der Waals surface area (Å²) in [5.74, 6) is 0.761. The SMILES string of the molecule is CC(C)(O)c1cccc(-n2c3nc(Nc4ccc5c(c4)CCNC5)ncc3c(=O)n2CCC#N)n1. The van der Waals surface area contributed by atoms with Crippen LogP contribution in [0.4, 0.5) is 11.6 Å². The molecule has 1 aromatic carbocycles. The summed E-state index contributed by atoms with van der Waals surface area (Å²) in [5, 5.41) is 26.5. The molecule has 0 amide bonds. The summed E-state index contributed by atoms with van der Waals surface area (Å²) in [6.45, 7) is 5.26. The minimum Gasteiger partial charge on any atom is -0.384 e. The normalized spacial score (nSPS) is 13.4. The second-order valence-corrected chi connectivity index (χ2v) is 9.05. The van der Waals surface area contributed by atoms with Crippen LogP contribution < -0.4 is 16.2 Å². The van der Waals surface area contributed by atoms with E-state index in [-0.39, 0.29) is 18.5 Å². The van der Waals surface area contributed by atoms with E-state index >= 15 is 0 Å². The molecule has 1 aliphatic rings. The number of nitriles is 1. The van der Waals surface area contributed by atoms with Crippen molar-refractivity contribution in [3.63, 3.8) is 0 Å². The van der Waals surface area contributed by atoms with Gasteiger partial charge in [0, 0.05) is 18.4 Å². The molecule has 0 aliphatic carbocycles. The monoisotopic (exact) mass is 470 g/mol.